The summed E-state index contributed by atoms with van der Waals surface area (Å²) in [7, 11) is -3.31. The summed E-state index contributed by atoms with van der Waals surface area (Å²) in [6, 6.07) is 0. The Hall–Kier alpha value is -0.530. The third kappa shape index (κ3) is 1.73. The molecule has 0 radical (unpaired) electrons. The van der Waals surface area contributed by atoms with E-state index in [9.17, 15) is 8.42 Å². The highest BCUT2D eigenvalue weighted by Crippen LogP contribution is 2.24. The Morgan fingerprint density at radius 3 is 2.73 bits per heavy atom. The Kier molecular flexibility index (Phi) is 2.21. The van der Waals surface area contributed by atoms with Crippen LogP contribution in [0.5, 0.6) is 0 Å². The molecular weight excluding hydrogens is 164 g/mol. The van der Waals surface area contributed by atoms with Crippen molar-refractivity contribution in [2.24, 2.45) is 5.92 Å². The average molecular weight is 174 g/mol. The van der Waals surface area contributed by atoms with Crippen LogP contribution < -0.4 is 0 Å². The molecule has 0 amide bonds. The molecule has 1 aliphatic heterocycles. The summed E-state index contributed by atoms with van der Waals surface area (Å²) in [5.41, 5.74) is 0. The molecule has 2 atom stereocenters. The highest BCUT2D eigenvalue weighted by Gasteiger charge is 2.36. The molecule has 0 N–H and O–H groups in total. The van der Waals surface area contributed by atoms with Crippen molar-refractivity contribution in [3.8, 4) is 12.3 Å². The van der Waals surface area contributed by atoms with Crippen LogP contribution in [-0.4, -0.2) is 20.3 Å². The van der Waals surface area contributed by atoms with Crippen LogP contribution >= 0.6 is 0 Å². The first-order chi connectivity index (χ1) is 5.09. The predicted octanol–water partition coefficient (Wildman–Crippen LogP) is 0.374. The molecule has 4 heteroatoms. The maximum absolute atomic E-state index is 10.9. The quantitative estimate of drug-likeness (QED) is 0.426. The van der Waals surface area contributed by atoms with Crippen molar-refractivity contribution in [1.29, 1.82) is 0 Å². The maximum Gasteiger partial charge on any atom is 0.268 e. The average Bonchev–Trinajstić information content (AvgIpc) is 2.25. The molecule has 0 aromatic carbocycles. The van der Waals surface area contributed by atoms with E-state index in [4.69, 9.17) is 10.6 Å². The topological polar surface area (TPSA) is 43.4 Å². The molecule has 0 aliphatic carbocycles. The van der Waals surface area contributed by atoms with E-state index in [2.05, 4.69) is 5.92 Å². The Morgan fingerprint density at radius 2 is 2.36 bits per heavy atom. The van der Waals surface area contributed by atoms with Gasteiger partial charge in [0.15, 0.2) is 0 Å². The van der Waals surface area contributed by atoms with E-state index in [-0.39, 0.29) is 17.8 Å². The Morgan fingerprint density at radius 1 is 1.73 bits per heavy atom. The monoisotopic (exact) mass is 174 g/mol. The molecule has 1 fully saturated rings. The molecular formula is C7H10O3S. The maximum atomic E-state index is 10.9. The molecule has 1 saturated heterocycles. The minimum atomic E-state index is -3.31. The number of terminal acetylenes is 1. The van der Waals surface area contributed by atoms with Gasteiger partial charge in [-0.3, -0.25) is 4.18 Å². The van der Waals surface area contributed by atoms with Gasteiger partial charge in [0, 0.05) is 0 Å². The van der Waals surface area contributed by atoms with Gasteiger partial charge in [0.25, 0.3) is 10.1 Å². The lowest BCUT2D eigenvalue weighted by Crippen LogP contribution is -2.13. The summed E-state index contributed by atoms with van der Waals surface area (Å²) in [6.07, 6.45) is 5.47. The van der Waals surface area contributed by atoms with Crippen LogP contribution in [0.1, 0.15) is 13.3 Å². The van der Waals surface area contributed by atoms with Crippen LogP contribution in [-0.2, 0) is 14.3 Å². The predicted molar refractivity (Wildman–Crippen MR) is 41.3 cm³/mol. The van der Waals surface area contributed by atoms with E-state index in [0.29, 0.717) is 6.42 Å². The molecule has 0 aromatic heterocycles. The highest BCUT2D eigenvalue weighted by molar-refractivity contribution is 7.87. The second-order valence-electron chi connectivity index (χ2n) is 2.54. The minimum absolute atomic E-state index is 0.0258. The zero-order valence-corrected chi connectivity index (χ0v) is 7.10. The minimum Gasteiger partial charge on any atom is -0.265 e. The molecule has 3 nitrogen and oxygen atoms in total. The van der Waals surface area contributed by atoms with Crippen molar-refractivity contribution in [2.45, 2.75) is 19.4 Å². The van der Waals surface area contributed by atoms with Gasteiger partial charge in [-0.1, -0.05) is 12.8 Å². The second-order valence-corrected chi connectivity index (χ2v) is 4.18. The molecule has 1 aliphatic rings. The summed E-state index contributed by atoms with van der Waals surface area (Å²) in [6.45, 7) is 1.86. The number of hydrogen-bond acceptors (Lipinski definition) is 3. The van der Waals surface area contributed by atoms with E-state index < -0.39 is 10.1 Å². The van der Waals surface area contributed by atoms with Crippen LogP contribution in [0, 0.1) is 18.3 Å². The number of rotatable bonds is 1. The van der Waals surface area contributed by atoms with Crippen LogP contribution in [0.3, 0.4) is 0 Å². The van der Waals surface area contributed by atoms with E-state index in [1.165, 1.54) is 0 Å². The molecule has 1 heterocycles. The van der Waals surface area contributed by atoms with Gasteiger partial charge in [0.1, 0.15) is 0 Å². The van der Waals surface area contributed by atoms with Crippen LogP contribution in [0.15, 0.2) is 0 Å². The third-order valence-corrected chi connectivity index (χ3v) is 3.03. The summed E-state index contributed by atoms with van der Waals surface area (Å²) in [4.78, 5) is 0. The van der Waals surface area contributed by atoms with Crippen LogP contribution in [0.25, 0.3) is 0 Å². The molecule has 0 bridgehead atoms. The lowest BCUT2D eigenvalue weighted by molar-refractivity contribution is 0.207. The van der Waals surface area contributed by atoms with E-state index in [1.54, 1.807) is 0 Å². The molecule has 0 spiro atoms. The van der Waals surface area contributed by atoms with Crippen LogP contribution in [0.4, 0.5) is 0 Å². The van der Waals surface area contributed by atoms with Gasteiger partial charge in [-0.25, -0.2) is 0 Å². The van der Waals surface area contributed by atoms with Crippen molar-refractivity contribution in [2.75, 3.05) is 5.75 Å². The van der Waals surface area contributed by atoms with Crippen molar-refractivity contribution in [3.63, 3.8) is 0 Å². The van der Waals surface area contributed by atoms with Crippen molar-refractivity contribution >= 4 is 10.1 Å². The fourth-order valence-corrected chi connectivity index (χ4v) is 2.61. The SMILES string of the molecule is C#CC1CS(=O)(=O)OC1CC. The Bertz CT molecular complexity index is 273. The molecule has 11 heavy (non-hydrogen) atoms. The first kappa shape index (κ1) is 8.57. The second kappa shape index (κ2) is 2.84. The van der Waals surface area contributed by atoms with Crippen molar-refractivity contribution in [3.05, 3.63) is 0 Å². The van der Waals surface area contributed by atoms with Crippen molar-refractivity contribution < 1.29 is 12.6 Å². The van der Waals surface area contributed by atoms with Gasteiger partial charge in [-0.15, -0.1) is 6.42 Å². The number of hydrogen-bond donors (Lipinski definition) is 0. The fraction of sp³-hybridized carbons (Fsp3) is 0.714. The normalized spacial score (nSPS) is 34.9. The van der Waals surface area contributed by atoms with Gasteiger partial charge in [-0.05, 0) is 6.42 Å². The van der Waals surface area contributed by atoms with E-state index in [1.807, 2.05) is 6.92 Å². The fourth-order valence-electron chi connectivity index (χ4n) is 1.13. The Labute approximate surface area is 66.9 Å². The smallest absolute Gasteiger partial charge is 0.265 e. The van der Waals surface area contributed by atoms with Crippen molar-refractivity contribution in [1.82, 2.24) is 0 Å². The summed E-state index contributed by atoms with van der Waals surface area (Å²) >= 11 is 0. The Balaban J connectivity index is 2.80. The van der Waals surface area contributed by atoms with Gasteiger partial charge in [0.2, 0.25) is 0 Å². The van der Waals surface area contributed by atoms with Crippen LogP contribution in [0.2, 0.25) is 0 Å². The largest absolute Gasteiger partial charge is 0.268 e. The molecule has 62 valence electrons. The molecule has 2 unspecified atom stereocenters. The summed E-state index contributed by atoms with van der Waals surface area (Å²) in [5.74, 6) is 2.13. The lowest BCUT2D eigenvalue weighted by atomic mass is 10.0. The third-order valence-electron chi connectivity index (χ3n) is 1.72. The molecule has 0 saturated carbocycles. The lowest BCUT2D eigenvalue weighted by Gasteiger charge is -2.06. The van der Waals surface area contributed by atoms with E-state index >= 15 is 0 Å². The molecule has 0 aromatic rings. The van der Waals surface area contributed by atoms with Gasteiger partial charge in [0.05, 0.1) is 17.8 Å². The summed E-state index contributed by atoms with van der Waals surface area (Å²) < 4.78 is 26.4. The first-order valence-electron chi connectivity index (χ1n) is 3.46. The zero-order valence-electron chi connectivity index (χ0n) is 6.28. The molecule has 1 rings (SSSR count). The van der Waals surface area contributed by atoms with E-state index in [0.717, 1.165) is 0 Å². The zero-order chi connectivity index (χ0) is 8.48. The van der Waals surface area contributed by atoms with Gasteiger partial charge < -0.3 is 0 Å². The highest BCUT2D eigenvalue weighted by atomic mass is 32.2. The standard InChI is InChI=1S/C7H10O3S/c1-3-6-5-11(8,9)10-7(6)4-2/h1,6-7H,4-5H2,2H3. The summed E-state index contributed by atoms with van der Waals surface area (Å²) in [5, 5.41) is 0. The van der Waals surface area contributed by atoms with Gasteiger partial charge in [-0.2, -0.15) is 8.42 Å². The van der Waals surface area contributed by atoms with Gasteiger partial charge >= 0.3 is 0 Å². The first-order valence-corrected chi connectivity index (χ1v) is 5.04.